The summed E-state index contributed by atoms with van der Waals surface area (Å²) in [6, 6.07) is 9.67. The van der Waals surface area contributed by atoms with Crippen LogP contribution in [0.5, 0.6) is 5.75 Å². The van der Waals surface area contributed by atoms with Gasteiger partial charge in [-0.2, -0.15) is 9.78 Å². The van der Waals surface area contributed by atoms with E-state index in [4.69, 9.17) is 11.2 Å². The third-order valence-electron chi connectivity index (χ3n) is 4.67. The van der Waals surface area contributed by atoms with Crippen molar-refractivity contribution in [2.24, 2.45) is 0 Å². The second kappa shape index (κ2) is 8.20. The Morgan fingerprint density at radius 2 is 1.93 bits per heavy atom. The van der Waals surface area contributed by atoms with Gasteiger partial charge in [-0.05, 0) is 44.5 Å². The number of thioether (sulfide) groups is 1. The highest BCUT2D eigenvalue weighted by molar-refractivity contribution is 8.00. The first-order valence-corrected chi connectivity index (χ1v) is 10.5. The lowest BCUT2D eigenvalue weighted by Crippen LogP contribution is -2.17. The van der Waals surface area contributed by atoms with Crippen molar-refractivity contribution < 1.29 is 9.53 Å². The molecule has 1 atom stereocenters. The van der Waals surface area contributed by atoms with Crippen LogP contribution in [0.2, 0.25) is 0 Å². The lowest BCUT2D eigenvalue weighted by Gasteiger charge is -2.16. The number of hydrogen-bond donors (Lipinski definition) is 1. The first kappa shape index (κ1) is 20.0. The van der Waals surface area contributed by atoms with Crippen LogP contribution in [0.15, 0.2) is 30.3 Å². The van der Waals surface area contributed by atoms with Crippen molar-refractivity contribution in [2.45, 2.75) is 26.0 Å². The number of rotatable bonds is 4. The Morgan fingerprint density at radius 1 is 1.23 bits per heavy atom. The van der Waals surface area contributed by atoms with Crippen molar-refractivity contribution in [3.8, 4) is 24.0 Å². The van der Waals surface area contributed by atoms with Crippen LogP contribution in [0, 0.1) is 33.1 Å². The number of nitrogens with zero attached hydrogens (tertiary/aromatic N) is 4. The maximum Gasteiger partial charge on any atom is 0.252 e. The normalized spacial score (nSPS) is 15.7. The van der Waals surface area contributed by atoms with E-state index < -0.39 is 0 Å². The molecular weight excluding hydrogens is 398 g/mol. The molecule has 1 aromatic carbocycles. The Hall–Kier alpha value is -3.31. The van der Waals surface area contributed by atoms with Crippen LogP contribution in [0.3, 0.4) is 0 Å². The number of aromatic nitrogens is 4. The highest BCUT2D eigenvalue weighted by atomic mass is 32.2. The predicted molar refractivity (Wildman–Crippen MR) is 117 cm³/mol. The van der Waals surface area contributed by atoms with Gasteiger partial charge in [0.2, 0.25) is 5.91 Å². The van der Waals surface area contributed by atoms with Gasteiger partial charge in [-0.15, -0.1) is 18.2 Å². The number of nitrogens with one attached hydrogen (secondary N) is 1. The van der Waals surface area contributed by atoms with Gasteiger partial charge in [0, 0.05) is 17.0 Å². The summed E-state index contributed by atoms with van der Waals surface area (Å²) in [4.78, 5) is 21.5. The fourth-order valence-corrected chi connectivity index (χ4v) is 4.65. The van der Waals surface area contributed by atoms with Gasteiger partial charge in [0.25, 0.3) is 5.95 Å². The summed E-state index contributed by atoms with van der Waals surface area (Å²) in [5, 5.41) is 7.60. The smallest absolute Gasteiger partial charge is 0.252 e. The van der Waals surface area contributed by atoms with E-state index in [-0.39, 0.29) is 17.8 Å². The molecule has 8 heteroatoms. The Labute approximate surface area is 179 Å². The van der Waals surface area contributed by atoms with Crippen LogP contribution in [-0.2, 0) is 4.79 Å². The molecule has 4 rings (SSSR count). The summed E-state index contributed by atoms with van der Waals surface area (Å²) in [7, 11) is 0. The van der Waals surface area contributed by atoms with Crippen LogP contribution in [0.4, 0.5) is 5.82 Å². The van der Waals surface area contributed by atoms with Crippen molar-refractivity contribution in [3.05, 3.63) is 58.5 Å². The number of terminal acetylenes is 1. The molecule has 3 heterocycles. The van der Waals surface area contributed by atoms with E-state index in [0.29, 0.717) is 23.3 Å². The average Bonchev–Trinajstić information content (AvgIpc) is 2.92. The monoisotopic (exact) mass is 419 g/mol. The number of fused-ring (bicyclic) bond motifs is 1. The summed E-state index contributed by atoms with van der Waals surface area (Å²) in [5.41, 5.74) is 4.50. The minimum absolute atomic E-state index is 0.0692. The molecule has 1 N–H and O–H groups in total. The second-order valence-electron chi connectivity index (χ2n) is 7.01. The van der Waals surface area contributed by atoms with E-state index >= 15 is 0 Å². The molecule has 1 aliphatic heterocycles. The lowest BCUT2D eigenvalue weighted by atomic mass is 10.0. The van der Waals surface area contributed by atoms with Gasteiger partial charge in [-0.1, -0.05) is 18.1 Å². The fraction of sp³-hybridized carbons (Fsp3) is 0.273. The quantitative estimate of drug-likeness (QED) is 0.653. The number of carbonyl (C=O) groups excluding carboxylic acids is 1. The van der Waals surface area contributed by atoms with E-state index in [1.54, 1.807) is 16.4 Å². The highest BCUT2D eigenvalue weighted by Gasteiger charge is 2.31. The third-order valence-corrected chi connectivity index (χ3v) is 5.94. The molecule has 0 unspecified atom stereocenters. The zero-order valence-corrected chi connectivity index (χ0v) is 17.8. The Morgan fingerprint density at radius 3 is 2.60 bits per heavy atom. The van der Waals surface area contributed by atoms with Crippen molar-refractivity contribution in [1.82, 2.24) is 19.7 Å². The number of aryl methyl sites for hydroxylation is 3. The van der Waals surface area contributed by atoms with Crippen molar-refractivity contribution in [3.63, 3.8) is 0 Å². The first-order chi connectivity index (χ1) is 14.5. The Balaban J connectivity index is 1.79. The molecule has 0 saturated carbocycles. The van der Waals surface area contributed by atoms with Gasteiger partial charge in [0.05, 0.1) is 16.7 Å². The number of ether oxygens (including phenoxy) is 1. The van der Waals surface area contributed by atoms with Gasteiger partial charge in [-0.25, -0.2) is 9.97 Å². The van der Waals surface area contributed by atoms with Gasteiger partial charge in [-0.3, -0.25) is 4.79 Å². The minimum atomic E-state index is -0.0803. The van der Waals surface area contributed by atoms with Crippen LogP contribution >= 0.6 is 11.8 Å². The molecule has 1 amide bonds. The van der Waals surface area contributed by atoms with E-state index in [9.17, 15) is 4.79 Å². The van der Waals surface area contributed by atoms with Crippen molar-refractivity contribution in [2.75, 3.05) is 17.7 Å². The molecule has 0 saturated heterocycles. The number of amides is 1. The SMILES string of the molecule is C#CCOc1ccc([C@H]2SCC(=O)Nc3c2c(C)nn3-c2nc(C)cc(C)n2)cc1. The zero-order chi connectivity index (χ0) is 21.3. The van der Waals surface area contributed by atoms with Crippen LogP contribution in [-0.4, -0.2) is 38.0 Å². The molecule has 3 aromatic rings. The molecule has 0 bridgehead atoms. The molecule has 30 heavy (non-hydrogen) atoms. The number of benzene rings is 1. The molecule has 7 nitrogen and oxygen atoms in total. The summed E-state index contributed by atoms with van der Waals surface area (Å²) in [6.45, 7) is 5.98. The van der Waals surface area contributed by atoms with Crippen LogP contribution in [0.25, 0.3) is 5.95 Å². The molecule has 0 spiro atoms. The first-order valence-electron chi connectivity index (χ1n) is 9.46. The van der Waals surface area contributed by atoms with E-state index in [2.05, 4.69) is 26.3 Å². The molecule has 1 aliphatic rings. The summed E-state index contributed by atoms with van der Waals surface area (Å²) in [5.74, 6) is 4.48. The highest BCUT2D eigenvalue weighted by Crippen LogP contribution is 2.43. The molecule has 152 valence electrons. The van der Waals surface area contributed by atoms with Crippen LogP contribution in [0.1, 0.15) is 33.5 Å². The van der Waals surface area contributed by atoms with Crippen molar-refractivity contribution >= 4 is 23.5 Å². The standard InChI is InChI=1S/C22H21N5O2S/c1-5-10-29-17-8-6-16(7-9-17)20-19-15(4)26-27(21(19)25-18(28)12-30-20)22-23-13(2)11-14(3)24-22/h1,6-9,11,20H,10,12H2,2-4H3,(H,25,28)/t20-/m1/s1. The third kappa shape index (κ3) is 3.89. The van der Waals surface area contributed by atoms with Gasteiger partial charge >= 0.3 is 0 Å². The number of anilines is 1. The predicted octanol–water partition coefficient (Wildman–Crippen LogP) is 3.37. The second-order valence-corrected chi connectivity index (χ2v) is 8.10. The van der Waals surface area contributed by atoms with Crippen molar-refractivity contribution in [1.29, 1.82) is 0 Å². The number of hydrogen-bond acceptors (Lipinski definition) is 6. The zero-order valence-electron chi connectivity index (χ0n) is 17.0. The Bertz CT molecular complexity index is 1130. The maximum absolute atomic E-state index is 12.5. The summed E-state index contributed by atoms with van der Waals surface area (Å²) >= 11 is 1.56. The summed E-state index contributed by atoms with van der Waals surface area (Å²) in [6.07, 6.45) is 5.26. The van der Waals surface area contributed by atoms with Gasteiger partial charge in [0.1, 0.15) is 18.2 Å². The molecule has 2 aromatic heterocycles. The van der Waals surface area contributed by atoms with Gasteiger partial charge in [0.15, 0.2) is 0 Å². The van der Waals surface area contributed by atoms with E-state index in [1.807, 2.05) is 51.1 Å². The molecule has 0 aliphatic carbocycles. The molecular formula is C22H21N5O2S. The molecule has 0 fully saturated rings. The largest absolute Gasteiger partial charge is 0.481 e. The Kier molecular flexibility index (Phi) is 5.46. The fourth-order valence-electron chi connectivity index (χ4n) is 3.46. The van der Waals surface area contributed by atoms with E-state index in [0.717, 1.165) is 28.2 Å². The minimum Gasteiger partial charge on any atom is -0.481 e. The lowest BCUT2D eigenvalue weighted by molar-refractivity contribution is -0.113. The van der Waals surface area contributed by atoms with Crippen LogP contribution < -0.4 is 10.1 Å². The van der Waals surface area contributed by atoms with E-state index in [1.165, 1.54) is 0 Å². The topological polar surface area (TPSA) is 81.9 Å². The van der Waals surface area contributed by atoms with Gasteiger partial charge < -0.3 is 10.1 Å². The average molecular weight is 420 g/mol. The number of carbonyl (C=O) groups is 1. The molecule has 0 radical (unpaired) electrons. The summed E-state index contributed by atoms with van der Waals surface area (Å²) < 4.78 is 7.11. The maximum atomic E-state index is 12.5.